The van der Waals surface area contributed by atoms with E-state index >= 15 is 0 Å². The molecule has 1 heterocycles. The van der Waals surface area contributed by atoms with E-state index in [-0.39, 0.29) is 37.3 Å². The Hall–Kier alpha value is -3.72. The van der Waals surface area contributed by atoms with Gasteiger partial charge in [0.1, 0.15) is 6.54 Å². The molecule has 1 saturated carbocycles. The predicted octanol–water partition coefficient (Wildman–Crippen LogP) is 5.72. The van der Waals surface area contributed by atoms with Crippen LogP contribution in [0.3, 0.4) is 0 Å². The molecule has 9 nitrogen and oxygen atoms in total. The lowest BCUT2D eigenvalue weighted by atomic mass is 9.86. The van der Waals surface area contributed by atoms with Gasteiger partial charge < -0.3 is 10.4 Å². The molecule has 0 saturated heterocycles. The molecule has 1 aliphatic carbocycles. The van der Waals surface area contributed by atoms with Gasteiger partial charge in [0.05, 0.1) is 18.3 Å². The Morgan fingerprint density at radius 2 is 1.68 bits per heavy atom. The second-order valence-electron chi connectivity index (χ2n) is 12.2. The van der Waals surface area contributed by atoms with Gasteiger partial charge in [-0.15, -0.1) is 0 Å². The highest BCUT2D eigenvalue weighted by Crippen LogP contribution is 2.40. The van der Waals surface area contributed by atoms with Crippen LogP contribution in [0.15, 0.2) is 48.5 Å². The fraction of sp³-hybridized carbons (Fsp3) is 0.500. The van der Waals surface area contributed by atoms with Gasteiger partial charge in [-0.25, -0.2) is 15.2 Å². The van der Waals surface area contributed by atoms with E-state index in [2.05, 4.69) is 10.7 Å². The molecule has 0 spiro atoms. The number of aryl methyl sites for hydroxylation is 1. The van der Waals surface area contributed by atoms with Crippen molar-refractivity contribution in [3.63, 3.8) is 0 Å². The van der Waals surface area contributed by atoms with Gasteiger partial charge in [-0.2, -0.15) is 0 Å². The van der Waals surface area contributed by atoms with Crippen LogP contribution in [-0.4, -0.2) is 46.9 Å². The van der Waals surface area contributed by atoms with E-state index in [1.807, 2.05) is 51.1 Å². The van der Waals surface area contributed by atoms with Gasteiger partial charge in [0.2, 0.25) is 5.91 Å². The SMILES string of the molecule is CC(C)(C)C(=O)CN1C(=O)N(CC(=O)Nc2cccc(CCC(=O)O)c2)NC(C2CCCCCC2)c2ccccc21. The number of para-hydroxylation sites is 1. The van der Waals surface area contributed by atoms with Crippen molar-refractivity contribution >= 4 is 35.1 Å². The molecule has 41 heavy (non-hydrogen) atoms. The number of hydrazine groups is 1. The highest BCUT2D eigenvalue weighted by molar-refractivity contribution is 6.02. The van der Waals surface area contributed by atoms with Crippen LogP contribution in [0.5, 0.6) is 0 Å². The summed E-state index contributed by atoms with van der Waals surface area (Å²) in [5, 5.41) is 13.2. The van der Waals surface area contributed by atoms with Crippen molar-refractivity contribution in [2.75, 3.05) is 23.3 Å². The third-order valence-corrected chi connectivity index (χ3v) is 7.97. The maximum atomic E-state index is 14.1. The summed E-state index contributed by atoms with van der Waals surface area (Å²) in [4.78, 5) is 53.0. The van der Waals surface area contributed by atoms with Gasteiger partial charge in [-0.3, -0.25) is 19.3 Å². The van der Waals surface area contributed by atoms with Crippen LogP contribution in [0.4, 0.5) is 16.2 Å². The second kappa shape index (κ2) is 13.3. The largest absolute Gasteiger partial charge is 0.481 e. The number of fused-ring (bicyclic) bond motifs is 1. The molecular weight excluding hydrogens is 520 g/mol. The van der Waals surface area contributed by atoms with Crippen LogP contribution in [0, 0.1) is 11.3 Å². The van der Waals surface area contributed by atoms with Crippen LogP contribution in [0.2, 0.25) is 0 Å². The van der Waals surface area contributed by atoms with E-state index < -0.39 is 23.3 Å². The van der Waals surface area contributed by atoms with Gasteiger partial charge in [0.25, 0.3) is 0 Å². The zero-order chi connectivity index (χ0) is 29.6. The average Bonchev–Trinajstić information content (AvgIpc) is 3.26. The van der Waals surface area contributed by atoms with Gasteiger partial charge in [-0.05, 0) is 54.5 Å². The molecule has 220 valence electrons. The summed E-state index contributed by atoms with van der Waals surface area (Å²) < 4.78 is 0. The minimum absolute atomic E-state index is 0.00413. The molecule has 0 radical (unpaired) electrons. The lowest BCUT2D eigenvalue weighted by Crippen LogP contribution is -2.54. The molecule has 4 rings (SSSR count). The molecule has 2 aromatic rings. The Bertz CT molecular complexity index is 1260. The van der Waals surface area contributed by atoms with Crippen molar-refractivity contribution in [2.45, 2.75) is 78.2 Å². The topological polar surface area (TPSA) is 119 Å². The summed E-state index contributed by atoms with van der Waals surface area (Å²) in [6.45, 7) is 5.17. The summed E-state index contributed by atoms with van der Waals surface area (Å²) in [6, 6.07) is 14.2. The number of rotatable bonds is 9. The Balaban J connectivity index is 1.62. The maximum absolute atomic E-state index is 14.1. The summed E-state index contributed by atoms with van der Waals surface area (Å²) in [6.07, 6.45) is 6.99. The van der Waals surface area contributed by atoms with Gasteiger partial charge in [-0.1, -0.05) is 76.8 Å². The van der Waals surface area contributed by atoms with Crippen LogP contribution in [-0.2, 0) is 20.8 Å². The van der Waals surface area contributed by atoms with Crippen LogP contribution >= 0.6 is 0 Å². The van der Waals surface area contributed by atoms with Crippen LogP contribution in [0.1, 0.15) is 82.9 Å². The van der Waals surface area contributed by atoms with Crippen molar-refractivity contribution in [1.82, 2.24) is 10.4 Å². The Labute approximate surface area is 242 Å². The quantitative estimate of drug-likeness (QED) is 0.337. The first-order valence-electron chi connectivity index (χ1n) is 14.6. The number of aliphatic carboxylic acids is 1. The zero-order valence-electron chi connectivity index (χ0n) is 24.3. The number of nitrogens with one attached hydrogen (secondary N) is 2. The van der Waals surface area contributed by atoms with Crippen molar-refractivity contribution in [2.24, 2.45) is 11.3 Å². The highest BCUT2D eigenvalue weighted by atomic mass is 16.4. The monoisotopic (exact) mass is 562 g/mol. The van der Waals surface area contributed by atoms with Crippen molar-refractivity contribution < 1.29 is 24.3 Å². The molecule has 3 amide bonds. The van der Waals surface area contributed by atoms with Crippen LogP contribution < -0.4 is 15.6 Å². The maximum Gasteiger partial charge on any atom is 0.339 e. The standard InChI is InChI=1S/C32H42N4O5/c1-32(2,3)27(37)20-35-26-16-9-8-15-25(26)30(23-12-6-4-5-7-13-23)34-36(31(35)41)21-28(38)33-24-14-10-11-22(19-24)17-18-29(39)40/h8-11,14-16,19,23,30,34H,4-7,12-13,17-18,20-21H2,1-3H3,(H,33,38)(H,39,40). The molecule has 0 bridgehead atoms. The van der Waals surface area contributed by atoms with Crippen LogP contribution in [0.25, 0.3) is 0 Å². The fourth-order valence-electron chi connectivity index (χ4n) is 5.59. The second-order valence-corrected chi connectivity index (χ2v) is 12.2. The van der Waals surface area contributed by atoms with E-state index in [9.17, 15) is 19.2 Å². The number of hydrogen-bond donors (Lipinski definition) is 3. The van der Waals surface area contributed by atoms with E-state index in [0.29, 0.717) is 17.8 Å². The van der Waals surface area contributed by atoms with E-state index in [1.54, 1.807) is 18.2 Å². The Morgan fingerprint density at radius 3 is 2.37 bits per heavy atom. The lowest BCUT2D eigenvalue weighted by molar-refractivity contribution is -0.137. The van der Waals surface area contributed by atoms with Crippen molar-refractivity contribution in [3.8, 4) is 0 Å². The summed E-state index contributed by atoms with van der Waals surface area (Å²) >= 11 is 0. The summed E-state index contributed by atoms with van der Waals surface area (Å²) in [5.74, 6) is -1.07. The molecule has 9 heteroatoms. The third kappa shape index (κ3) is 7.94. The number of carbonyl (C=O) groups excluding carboxylic acids is 3. The summed E-state index contributed by atoms with van der Waals surface area (Å²) in [5.41, 5.74) is 5.78. The normalized spacial score (nSPS) is 18.3. The molecule has 2 aromatic carbocycles. The number of anilines is 2. The molecule has 1 unspecified atom stereocenters. The molecule has 0 aromatic heterocycles. The predicted molar refractivity (Wildman–Crippen MR) is 158 cm³/mol. The minimum atomic E-state index is -0.885. The number of amides is 3. The molecular formula is C32H42N4O5. The zero-order valence-corrected chi connectivity index (χ0v) is 24.3. The van der Waals surface area contributed by atoms with Gasteiger partial charge in [0.15, 0.2) is 5.78 Å². The average molecular weight is 563 g/mol. The molecule has 2 aliphatic rings. The van der Waals surface area contributed by atoms with E-state index in [1.165, 1.54) is 22.8 Å². The van der Waals surface area contributed by atoms with Crippen molar-refractivity contribution in [1.29, 1.82) is 0 Å². The minimum Gasteiger partial charge on any atom is -0.481 e. The Kier molecular flexibility index (Phi) is 9.81. The number of urea groups is 1. The highest BCUT2D eigenvalue weighted by Gasteiger charge is 2.38. The number of hydrogen-bond acceptors (Lipinski definition) is 5. The van der Waals surface area contributed by atoms with Crippen molar-refractivity contribution in [3.05, 3.63) is 59.7 Å². The third-order valence-electron chi connectivity index (χ3n) is 7.97. The summed E-state index contributed by atoms with van der Waals surface area (Å²) in [7, 11) is 0. The molecule has 1 atom stereocenters. The Morgan fingerprint density at radius 1 is 0.976 bits per heavy atom. The first kappa shape index (κ1) is 30.2. The molecule has 3 N–H and O–H groups in total. The molecule has 1 aliphatic heterocycles. The number of benzene rings is 2. The first-order valence-corrected chi connectivity index (χ1v) is 14.6. The smallest absolute Gasteiger partial charge is 0.339 e. The number of carboxylic acid groups (broad SMARTS) is 1. The molecule has 1 fully saturated rings. The first-order chi connectivity index (χ1) is 19.5. The van der Waals surface area contributed by atoms with E-state index in [0.717, 1.165) is 36.8 Å². The van der Waals surface area contributed by atoms with E-state index in [4.69, 9.17) is 5.11 Å². The number of carbonyl (C=O) groups is 4. The van der Waals surface area contributed by atoms with Gasteiger partial charge >= 0.3 is 12.0 Å². The lowest BCUT2D eigenvalue weighted by Gasteiger charge is -2.31. The van der Waals surface area contributed by atoms with Gasteiger partial charge in [0, 0.05) is 17.5 Å². The number of nitrogens with zero attached hydrogens (tertiary/aromatic N) is 2. The number of carboxylic acids is 1. The number of ketones is 1. The number of Topliss-reactive ketones (excluding diaryl/α,β-unsaturated/α-hetero) is 1. The fourth-order valence-corrected chi connectivity index (χ4v) is 5.59.